The summed E-state index contributed by atoms with van der Waals surface area (Å²) in [5, 5.41) is 9.72. The number of nitrogens with two attached hydrogens (primary N) is 1. The highest BCUT2D eigenvalue weighted by Crippen LogP contribution is 2.55. The van der Waals surface area contributed by atoms with Gasteiger partial charge < -0.3 is 10.8 Å². The van der Waals surface area contributed by atoms with Gasteiger partial charge in [0.25, 0.3) is 0 Å². The van der Waals surface area contributed by atoms with Crippen LogP contribution in [0.5, 0.6) is 0 Å². The van der Waals surface area contributed by atoms with E-state index in [0.717, 1.165) is 22.4 Å². The molecule has 0 radical (unpaired) electrons. The normalized spacial score (nSPS) is 28.2. The van der Waals surface area contributed by atoms with E-state index >= 15 is 0 Å². The van der Waals surface area contributed by atoms with Crippen molar-refractivity contribution in [2.75, 3.05) is 0 Å². The van der Waals surface area contributed by atoms with Gasteiger partial charge in [-0.3, -0.25) is 14.6 Å². The zero-order valence-corrected chi connectivity index (χ0v) is 13.9. The summed E-state index contributed by atoms with van der Waals surface area (Å²) in [5.41, 5.74) is 9.11. The SMILES string of the molecule is NC(=O)C1C2C=CC(C2=C(c2ccccc2)c2ccccn2)C1C(=O)O. The van der Waals surface area contributed by atoms with E-state index in [-0.39, 0.29) is 11.8 Å². The molecule has 2 bridgehead atoms. The van der Waals surface area contributed by atoms with Crippen LogP contribution in [-0.4, -0.2) is 22.0 Å². The highest BCUT2D eigenvalue weighted by atomic mass is 16.4. The molecule has 4 rings (SSSR count). The molecule has 0 spiro atoms. The number of benzene rings is 1. The summed E-state index contributed by atoms with van der Waals surface area (Å²) in [6.07, 6.45) is 5.52. The fraction of sp³-hybridized carbons (Fsp3) is 0.190. The van der Waals surface area contributed by atoms with Crippen molar-refractivity contribution in [1.82, 2.24) is 4.98 Å². The number of aliphatic carboxylic acids is 1. The van der Waals surface area contributed by atoms with Crippen molar-refractivity contribution < 1.29 is 14.7 Å². The molecule has 26 heavy (non-hydrogen) atoms. The summed E-state index contributed by atoms with van der Waals surface area (Å²) in [6, 6.07) is 15.4. The monoisotopic (exact) mass is 346 g/mol. The van der Waals surface area contributed by atoms with E-state index in [9.17, 15) is 14.7 Å². The average Bonchev–Trinajstić information content (AvgIpc) is 3.20. The molecule has 0 aliphatic heterocycles. The topological polar surface area (TPSA) is 93.3 Å². The Morgan fingerprint density at radius 3 is 2.12 bits per heavy atom. The zero-order chi connectivity index (χ0) is 18.3. The quantitative estimate of drug-likeness (QED) is 0.832. The largest absolute Gasteiger partial charge is 0.481 e. The predicted molar refractivity (Wildman–Crippen MR) is 96.6 cm³/mol. The fourth-order valence-electron chi connectivity index (χ4n) is 4.31. The number of carbonyl (C=O) groups is 2. The minimum Gasteiger partial charge on any atom is -0.481 e. The third-order valence-corrected chi connectivity index (χ3v) is 5.29. The van der Waals surface area contributed by atoms with Gasteiger partial charge in [0, 0.05) is 23.6 Å². The highest BCUT2D eigenvalue weighted by molar-refractivity contribution is 5.91. The summed E-state index contributed by atoms with van der Waals surface area (Å²) in [4.78, 5) is 28.4. The standard InChI is InChI=1S/C21H18N2O3/c22-20(24)18-13-9-10-14(19(18)21(25)26)17(13)16(12-6-2-1-3-7-12)15-8-4-5-11-23-15/h1-11,13-14,18-19H,(H2,22,24)(H,25,26). The molecule has 1 amide bonds. The van der Waals surface area contributed by atoms with Crippen molar-refractivity contribution in [3.8, 4) is 0 Å². The predicted octanol–water partition coefficient (Wildman–Crippen LogP) is 2.50. The number of carbonyl (C=O) groups excluding carboxylic acids is 1. The van der Waals surface area contributed by atoms with Crippen LogP contribution < -0.4 is 5.73 Å². The van der Waals surface area contributed by atoms with Gasteiger partial charge in [-0.15, -0.1) is 0 Å². The Kier molecular flexibility index (Phi) is 3.92. The number of nitrogens with zero attached hydrogens (tertiary/aromatic N) is 1. The first-order valence-electron chi connectivity index (χ1n) is 8.51. The molecule has 130 valence electrons. The molecule has 1 saturated carbocycles. The summed E-state index contributed by atoms with van der Waals surface area (Å²) in [6.45, 7) is 0. The van der Waals surface area contributed by atoms with Crippen LogP contribution in [0.4, 0.5) is 0 Å². The van der Waals surface area contributed by atoms with Crippen LogP contribution in [0.15, 0.2) is 72.5 Å². The number of amides is 1. The summed E-state index contributed by atoms with van der Waals surface area (Å²) < 4.78 is 0. The van der Waals surface area contributed by atoms with Gasteiger partial charge in [0.15, 0.2) is 0 Å². The first-order chi connectivity index (χ1) is 12.6. The smallest absolute Gasteiger partial charge is 0.308 e. The molecular formula is C21H18N2O3. The van der Waals surface area contributed by atoms with E-state index in [4.69, 9.17) is 5.73 Å². The molecule has 1 aromatic carbocycles. The number of rotatable bonds is 4. The molecule has 1 heterocycles. The number of pyridine rings is 1. The lowest BCUT2D eigenvalue weighted by molar-refractivity contribution is -0.147. The summed E-state index contributed by atoms with van der Waals surface area (Å²) in [7, 11) is 0. The number of allylic oxidation sites excluding steroid dienone is 3. The molecule has 5 nitrogen and oxygen atoms in total. The number of carboxylic acids is 1. The summed E-state index contributed by atoms with van der Waals surface area (Å²) >= 11 is 0. The van der Waals surface area contributed by atoms with E-state index in [1.165, 1.54) is 0 Å². The second kappa shape index (κ2) is 6.26. The Hall–Kier alpha value is -3.21. The van der Waals surface area contributed by atoms with Crippen LogP contribution in [0.1, 0.15) is 11.3 Å². The van der Waals surface area contributed by atoms with Crippen LogP contribution >= 0.6 is 0 Å². The van der Waals surface area contributed by atoms with E-state index in [0.29, 0.717) is 0 Å². The molecule has 5 heteroatoms. The van der Waals surface area contributed by atoms with Gasteiger partial charge in [-0.2, -0.15) is 0 Å². The number of hydrogen-bond donors (Lipinski definition) is 2. The van der Waals surface area contributed by atoms with Crippen molar-refractivity contribution in [2.45, 2.75) is 0 Å². The van der Waals surface area contributed by atoms with Crippen LogP contribution in [-0.2, 0) is 9.59 Å². The van der Waals surface area contributed by atoms with E-state index in [2.05, 4.69) is 4.98 Å². The molecule has 3 N–H and O–H groups in total. The van der Waals surface area contributed by atoms with Crippen molar-refractivity contribution in [2.24, 2.45) is 29.4 Å². The Morgan fingerprint density at radius 1 is 0.923 bits per heavy atom. The van der Waals surface area contributed by atoms with E-state index in [1.54, 1.807) is 6.20 Å². The molecule has 4 unspecified atom stereocenters. The van der Waals surface area contributed by atoms with Crippen LogP contribution in [0.25, 0.3) is 5.57 Å². The first kappa shape index (κ1) is 16.3. The van der Waals surface area contributed by atoms with E-state index in [1.807, 2.05) is 60.7 Å². The maximum atomic E-state index is 12.0. The summed E-state index contributed by atoms with van der Waals surface area (Å²) in [5.74, 6) is -3.79. The number of hydrogen-bond acceptors (Lipinski definition) is 3. The van der Waals surface area contributed by atoms with Crippen LogP contribution in [0.2, 0.25) is 0 Å². The maximum absolute atomic E-state index is 12.0. The Labute approximate surface area is 150 Å². The highest BCUT2D eigenvalue weighted by Gasteiger charge is 2.55. The van der Waals surface area contributed by atoms with Crippen LogP contribution in [0, 0.1) is 23.7 Å². The second-order valence-corrected chi connectivity index (χ2v) is 6.64. The lowest BCUT2D eigenvalue weighted by Crippen LogP contribution is -2.36. The molecule has 2 aliphatic carbocycles. The van der Waals surface area contributed by atoms with Gasteiger partial charge in [-0.1, -0.05) is 48.6 Å². The third-order valence-electron chi connectivity index (χ3n) is 5.29. The minimum absolute atomic E-state index is 0.309. The maximum Gasteiger partial charge on any atom is 0.308 e. The van der Waals surface area contributed by atoms with Crippen molar-refractivity contribution in [1.29, 1.82) is 0 Å². The lowest BCUT2D eigenvalue weighted by atomic mass is 9.83. The lowest BCUT2D eigenvalue weighted by Gasteiger charge is -2.20. The van der Waals surface area contributed by atoms with Gasteiger partial charge in [0.05, 0.1) is 17.5 Å². The number of carboxylic acid groups (broad SMARTS) is 1. The van der Waals surface area contributed by atoms with E-state index < -0.39 is 23.7 Å². The molecule has 2 aliphatic rings. The average molecular weight is 346 g/mol. The molecule has 2 aromatic rings. The van der Waals surface area contributed by atoms with Gasteiger partial charge in [0.2, 0.25) is 5.91 Å². The third kappa shape index (κ3) is 2.44. The first-order valence-corrected chi connectivity index (χ1v) is 8.51. The van der Waals surface area contributed by atoms with Gasteiger partial charge in [-0.05, 0) is 23.3 Å². The molecule has 0 saturated heterocycles. The van der Waals surface area contributed by atoms with Crippen LogP contribution in [0.3, 0.4) is 0 Å². The number of aromatic nitrogens is 1. The van der Waals surface area contributed by atoms with Crippen molar-refractivity contribution in [3.63, 3.8) is 0 Å². The minimum atomic E-state index is -0.989. The second-order valence-electron chi connectivity index (χ2n) is 6.64. The molecule has 1 aromatic heterocycles. The Balaban J connectivity index is 1.97. The number of fused-ring (bicyclic) bond motifs is 2. The Morgan fingerprint density at radius 2 is 1.58 bits per heavy atom. The molecule has 1 fully saturated rings. The Bertz CT molecular complexity index is 845. The van der Waals surface area contributed by atoms with Crippen molar-refractivity contribution in [3.05, 3.63) is 83.7 Å². The molecule has 4 atom stereocenters. The fourth-order valence-corrected chi connectivity index (χ4v) is 4.31. The van der Waals surface area contributed by atoms with Gasteiger partial charge >= 0.3 is 5.97 Å². The van der Waals surface area contributed by atoms with Crippen molar-refractivity contribution >= 4 is 17.4 Å². The van der Waals surface area contributed by atoms with Gasteiger partial charge in [0.1, 0.15) is 0 Å². The number of primary amides is 1. The van der Waals surface area contributed by atoms with Gasteiger partial charge in [-0.25, -0.2) is 0 Å². The zero-order valence-electron chi connectivity index (χ0n) is 13.9. The molecular weight excluding hydrogens is 328 g/mol.